The molecule has 0 fully saturated rings. The van der Waals surface area contributed by atoms with E-state index in [1.165, 1.54) is 4.90 Å². The molecule has 1 heterocycles. The quantitative estimate of drug-likeness (QED) is 0.451. The summed E-state index contributed by atoms with van der Waals surface area (Å²) in [6.45, 7) is 0. The van der Waals surface area contributed by atoms with Gasteiger partial charge in [0.1, 0.15) is 0 Å². The summed E-state index contributed by atoms with van der Waals surface area (Å²) >= 11 is 1.74. The molecule has 0 radical (unpaired) electrons. The van der Waals surface area contributed by atoms with Crippen LogP contribution in [0, 0.1) is 0 Å². The smallest absolute Gasteiger partial charge is 0.649 e. The Labute approximate surface area is 105 Å². The first kappa shape index (κ1) is 10.5. The molecule has 0 atom stereocenters. The minimum absolute atomic E-state index is 0. The van der Waals surface area contributed by atoms with E-state index < -0.39 is 0 Å². The van der Waals surface area contributed by atoms with Crippen molar-refractivity contribution in [3.8, 4) is 0 Å². The zero-order valence-electron chi connectivity index (χ0n) is 8.32. The van der Waals surface area contributed by atoms with Gasteiger partial charge in [-0.2, -0.15) is 0 Å². The molecule has 1 aromatic rings. The molecule has 66 valence electrons. The van der Waals surface area contributed by atoms with Crippen LogP contribution in [-0.2, 0) is 0 Å². The minimum Gasteiger partial charge on any atom is -0.649 e. The van der Waals surface area contributed by atoms with E-state index in [1.807, 2.05) is 30.4 Å². The normalized spacial score (nSPS) is 15.2. The summed E-state index contributed by atoms with van der Waals surface area (Å²) in [4.78, 5) is 2.36. The Morgan fingerprint density at radius 1 is 1.20 bits per heavy atom. The Balaban J connectivity index is 0.000000853. The number of allylic oxidation sites excluding steroid dienone is 2. The van der Waals surface area contributed by atoms with E-state index in [2.05, 4.69) is 22.8 Å². The van der Waals surface area contributed by atoms with E-state index in [4.69, 9.17) is 0 Å². The number of benzene rings is 1. The molecule has 1 aliphatic carbocycles. The molecular weight excluding hydrogens is 197 g/mol. The summed E-state index contributed by atoms with van der Waals surface area (Å²) in [5.41, 5.74) is 7.86. The third-order valence-corrected chi connectivity index (χ3v) is 3.17. The monoisotopic (exact) mass is 203 g/mol. The second-order valence-corrected chi connectivity index (χ2v) is 4.08. The number of fused-ring (bicyclic) bond motifs is 2. The second-order valence-electron chi connectivity index (χ2n) is 3.00. The van der Waals surface area contributed by atoms with Gasteiger partial charge in [-0.05, 0) is 23.1 Å². The van der Waals surface area contributed by atoms with Crippen LogP contribution in [0.3, 0.4) is 0 Å². The number of hydrogen-bond acceptors (Lipinski definition) is 1. The fraction of sp³-hybridized carbons (Fsp3) is 0. The van der Waals surface area contributed by atoms with Gasteiger partial charge in [0, 0.05) is 4.91 Å². The molecule has 0 saturated carbocycles. The Hall–Kier alpha value is -0.993. The predicted octanol–water partition coefficient (Wildman–Crippen LogP) is 0.893. The van der Waals surface area contributed by atoms with Crippen molar-refractivity contribution in [2.75, 3.05) is 0 Å². The zero-order chi connectivity index (χ0) is 9.38. The summed E-state index contributed by atoms with van der Waals surface area (Å²) in [6.07, 6.45) is 3.89. The maximum Gasteiger partial charge on any atom is 1.00 e. The van der Waals surface area contributed by atoms with Gasteiger partial charge in [-0.15, -0.1) is 5.69 Å². The Morgan fingerprint density at radius 2 is 2.07 bits per heavy atom. The molecule has 0 N–H and O–H groups in total. The maximum atomic E-state index is 4.50. The summed E-state index contributed by atoms with van der Waals surface area (Å²) < 4.78 is 0. The van der Waals surface area contributed by atoms with Crippen LogP contribution in [0.4, 0.5) is 5.69 Å². The predicted molar refractivity (Wildman–Crippen MR) is 58.5 cm³/mol. The third-order valence-electron chi connectivity index (χ3n) is 2.06. The van der Waals surface area contributed by atoms with Gasteiger partial charge in [-0.3, -0.25) is 0 Å². The molecular formula is C12H6LiNS. The van der Waals surface area contributed by atoms with Crippen molar-refractivity contribution in [1.29, 1.82) is 0 Å². The topological polar surface area (TPSA) is 14.1 Å². The fourth-order valence-electron chi connectivity index (χ4n) is 1.41. The molecule has 3 heteroatoms. The van der Waals surface area contributed by atoms with Crippen molar-refractivity contribution in [3.05, 3.63) is 63.8 Å². The standard InChI is InChI=1S/C12H6NS.Li/c1-3-7-11-9(5-1)13-10-6-2-4-8-12(10)14-11;/h1,3-5,7-8H;/q-1;+1. The largest absolute Gasteiger partial charge is 1.00 e. The van der Waals surface area contributed by atoms with Gasteiger partial charge in [-0.1, -0.05) is 47.1 Å². The average Bonchev–Trinajstić information content (AvgIpc) is 2.26. The van der Waals surface area contributed by atoms with Crippen molar-refractivity contribution in [3.63, 3.8) is 0 Å². The maximum absolute atomic E-state index is 4.50. The molecule has 0 bridgehead atoms. The molecule has 0 aromatic heterocycles. The fourth-order valence-corrected chi connectivity index (χ4v) is 2.34. The first-order chi connectivity index (χ1) is 6.93. The molecule has 0 amide bonds. The SMILES string of the molecule is C1=C=C2[N-]c3ccccc3SC2=CC=1.[Li+]. The van der Waals surface area contributed by atoms with Crippen molar-refractivity contribution in [1.82, 2.24) is 0 Å². The molecule has 0 unspecified atom stereocenters. The molecule has 1 aliphatic heterocycles. The van der Waals surface area contributed by atoms with Crippen LogP contribution in [0.15, 0.2) is 63.4 Å². The first-order valence-corrected chi connectivity index (χ1v) is 5.16. The number of rotatable bonds is 0. The summed E-state index contributed by atoms with van der Waals surface area (Å²) in [7, 11) is 0. The van der Waals surface area contributed by atoms with Gasteiger partial charge in [0.05, 0.1) is 0 Å². The van der Waals surface area contributed by atoms with Crippen LogP contribution in [0.2, 0.25) is 0 Å². The van der Waals surface area contributed by atoms with E-state index in [0.29, 0.717) is 0 Å². The van der Waals surface area contributed by atoms with Crippen LogP contribution in [-0.4, -0.2) is 0 Å². The number of hydrogen-bond donors (Lipinski definition) is 0. The molecule has 1 aromatic carbocycles. The van der Waals surface area contributed by atoms with Gasteiger partial charge >= 0.3 is 18.9 Å². The zero-order valence-corrected chi connectivity index (χ0v) is 9.14. The van der Waals surface area contributed by atoms with Crippen LogP contribution in [0.5, 0.6) is 0 Å². The summed E-state index contributed by atoms with van der Waals surface area (Å²) in [5.74, 6) is 0. The molecule has 15 heavy (non-hydrogen) atoms. The van der Waals surface area contributed by atoms with Crippen molar-refractivity contribution in [2.45, 2.75) is 4.90 Å². The van der Waals surface area contributed by atoms with Crippen LogP contribution < -0.4 is 18.9 Å². The molecule has 0 saturated heterocycles. The van der Waals surface area contributed by atoms with Gasteiger partial charge in [0.2, 0.25) is 0 Å². The van der Waals surface area contributed by atoms with Crippen molar-refractivity contribution >= 4 is 17.4 Å². The van der Waals surface area contributed by atoms with Crippen molar-refractivity contribution < 1.29 is 18.9 Å². The second kappa shape index (κ2) is 4.25. The Kier molecular flexibility index (Phi) is 2.98. The van der Waals surface area contributed by atoms with Gasteiger partial charge in [0.15, 0.2) is 0 Å². The number of nitrogens with zero attached hydrogens (tertiary/aromatic N) is 1. The van der Waals surface area contributed by atoms with Gasteiger partial charge in [0.25, 0.3) is 0 Å². The molecule has 0 spiro atoms. The number of para-hydroxylation sites is 1. The summed E-state index contributed by atoms with van der Waals surface area (Å²) in [6, 6.07) is 8.14. The molecule has 2 aliphatic rings. The number of thioether (sulfide) groups is 1. The van der Waals surface area contributed by atoms with E-state index in [1.54, 1.807) is 11.8 Å². The van der Waals surface area contributed by atoms with Crippen LogP contribution in [0.25, 0.3) is 5.32 Å². The van der Waals surface area contributed by atoms with E-state index >= 15 is 0 Å². The van der Waals surface area contributed by atoms with Gasteiger partial charge in [-0.25, -0.2) is 0 Å². The Bertz CT molecular complexity index is 532. The van der Waals surface area contributed by atoms with E-state index in [-0.39, 0.29) is 18.9 Å². The minimum atomic E-state index is 0. The summed E-state index contributed by atoms with van der Waals surface area (Å²) in [5, 5.41) is 4.50. The molecule has 1 nitrogen and oxygen atoms in total. The Morgan fingerprint density at radius 3 is 3.00 bits per heavy atom. The van der Waals surface area contributed by atoms with Crippen LogP contribution in [0.1, 0.15) is 0 Å². The molecule has 3 rings (SSSR count). The van der Waals surface area contributed by atoms with Crippen LogP contribution >= 0.6 is 11.8 Å². The van der Waals surface area contributed by atoms with E-state index in [0.717, 1.165) is 16.3 Å². The van der Waals surface area contributed by atoms with Crippen molar-refractivity contribution in [2.24, 2.45) is 0 Å². The van der Waals surface area contributed by atoms with Gasteiger partial charge < -0.3 is 5.32 Å². The average molecular weight is 203 g/mol. The first-order valence-electron chi connectivity index (χ1n) is 4.34. The third kappa shape index (κ3) is 1.87. The van der Waals surface area contributed by atoms with E-state index in [9.17, 15) is 0 Å².